The fourth-order valence-electron chi connectivity index (χ4n) is 2.70. The molecular weight excluding hydrogens is 366 g/mol. The van der Waals surface area contributed by atoms with Crippen LogP contribution in [0.5, 0.6) is 0 Å². The molecule has 2 N–H and O–H groups in total. The van der Waals surface area contributed by atoms with E-state index in [0.717, 1.165) is 5.39 Å². The Bertz CT molecular complexity index is 1090. The van der Waals surface area contributed by atoms with Gasteiger partial charge in [-0.15, -0.1) is 0 Å². The van der Waals surface area contributed by atoms with Crippen LogP contribution in [0.1, 0.15) is 5.56 Å². The van der Waals surface area contributed by atoms with Crippen LogP contribution in [-0.4, -0.2) is 21.6 Å². The van der Waals surface area contributed by atoms with Gasteiger partial charge in [-0.3, -0.25) is 9.59 Å². The Labute approximate surface area is 159 Å². The smallest absolute Gasteiger partial charge is 0.323 e. The zero-order valence-electron chi connectivity index (χ0n) is 14.0. The highest BCUT2D eigenvalue weighted by Gasteiger charge is 2.13. The van der Waals surface area contributed by atoms with Gasteiger partial charge < -0.3 is 15.0 Å². The van der Waals surface area contributed by atoms with E-state index in [1.807, 2.05) is 18.2 Å². The van der Waals surface area contributed by atoms with E-state index in [1.165, 1.54) is 6.08 Å². The Morgan fingerprint density at radius 2 is 1.89 bits per heavy atom. The number of benzene rings is 2. The maximum absolute atomic E-state index is 12.4. The molecule has 0 saturated carbocycles. The molecule has 0 atom stereocenters. The molecule has 2 aromatic carbocycles. The summed E-state index contributed by atoms with van der Waals surface area (Å²) in [6, 6.07) is 15.6. The van der Waals surface area contributed by atoms with Crippen molar-refractivity contribution in [3.63, 3.8) is 0 Å². The molecule has 1 amide bonds. The number of rotatable bonds is 5. The number of amides is 1. The lowest BCUT2D eigenvalue weighted by molar-refractivity contribution is -0.137. The number of aliphatic carboxylic acids is 1. The lowest BCUT2D eigenvalue weighted by atomic mass is 10.1. The van der Waals surface area contributed by atoms with Crippen molar-refractivity contribution in [3.05, 3.63) is 70.9 Å². The average molecular weight is 380 g/mol. The van der Waals surface area contributed by atoms with Crippen molar-refractivity contribution in [2.45, 2.75) is 6.54 Å². The largest absolute Gasteiger partial charge is 0.480 e. The van der Waals surface area contributed by atoms with E-state index in [4.69, 9.17) is 16.7 Å². The van der Waals surface area contributed by atoms with E-state index >= 15 is 0 Å². The zero-order chi connectivity index (χ0) is 19.4. The predicted molar refractivity (Wildman–Crippen MR) is 103 cm³/mol. The lowest BCUT2D eigenvalue weighted by Crippen LogP contribution is -2.13. The fourth-order valence-corrected chi connectivity index (χ4v) is 2.83. The van der Waals surface area contributed by atoms with Crippen LogP contribution >= 0.6 is 11.6 Å². The highest BCUT2D eigenvalue weighted by atomic mass is 35.5. The number of halogens is 1. The first-order valence-electron chi connectivity index (χ1n) is 7.96. The number of hydrogen-bond donors (Lipinski definition) is 2. The molecule has 0 spiro atoms. The SMILES string of the molecule is N#C/C(=C\c1cn(CC(=O)O)c2ccccc12)C(=O)Nc1ccc(Cl)cc1. The molecule has 3 aromatic rings. The number of carboxylic acids is 1. The van der Waals surface area contributed by atoms with Crippen molar-refractivity contribution >= 4 is 46.1 Å². The van der Waals surface area contributed by atoms with Gasteiger partial charge in [0.15, 0.2) is 0 Å². The lowest BCUT2D eigenvalue weighted by Gasteiger charge is -2.04. The molecule has 0 fully saturated rings. The predicted octanol–water partition coefficient (Wildman–Crippen LogP) is 3.92. The topological polar surface area (TPSA) is 95.1 Å². The van der Waals surface area contributed by atoms with Crippen LogP contribution in [0.4, 0.5) is 5.69 Å². The van der Waals surface area contributed by atoms with Crippen molar-refractivity contribution in [2.24, 2.45) is 0 Å². The number of nitriles is 1. The molecule has 7 heteroatoms. The van der Waals surface area contributed by atoms with E-state index in [0.29, 0.717) is 21.8 Å². The third-order valence-corrected chi connectivity index (χ3v) is 4.14. The Hall–Kier alpha value is -3.56. The number of nitrogens with one attached hydrogen (secondary N) is 1. The third-order valence-electron chi connectivity index (χ3n) is 3.89. The molecule has 0 aliphatic heterocycles. The Kier molecular flexibility index (Phi) is 5.25. The summed E-state index contributed by atoms with van der Waals surface area (Å²) in [6.45, 7) is -0.215. The van der Waals surface area contributed by atoms with Crippen LogP contribution in [0, 0.1) is 11.3 Å². The van der Waals surface area contributed by atoms with Gasteiger partial charge in [-0.05, 0) is 36.4 Å². The summed E-state index contributed by atoms with van der Waals surface area (Å²) in [6.07, 6.45) is 3.07. The van der Waals surface area contributed by atoms with Crippen LogP contribution in [0.25, 0.3) is 17.0 Å². The number of anilines is 1. The summed E-state index contributed by atoms with van der Waals surface area (Å²) in [5, 5.41) is 22.4. The number of carbonyl (C=O) groups is 2. The van der Waals surface area contributed by atoms with Crippen molar-refractivity contribution in [1.29, 1.82) is 5.26 Å². The zero-order valence-corrected chi connectivity index (χ0v) is 14.8. The van der Waals surface area contributed by atoms with E-state index in [9.17, 15) is 14.9 Å². The second-order valence-corrected chi connectivity index (χ2v) is 6.19. The maximum atomic E-state index is 12.4. The van der Waals surface area contributed by atoms with Gasteiger partial charge in [0.05, 0.1) is 0 Å². The van der Waals surface area contributed by atoms with Gasteiger partial charge in [0, 0.05) is 33.4 Å². The van der Waals surface area contributed by atoms with Crippen LogP contribution in [0.2, 0.25) is 5.02 Å². The van der Waals surface area contributed by atoms with Crippen LogP contribution in [0.15, 0.2) is 60.3 Å². The molecule has 0 saturated heterocycles. The van der Waals surface area contributed by atoms with Gasteiger partial charge in [-0.1, -0.05) is 29.8 Å². The number of carbonyl (C=O) groups excluding carboxylic acids is 1. The molecule has 0 aliphatic carbocycles. The van der Waals surface area contributed by atoms with Gasteiger partial charge >= 0.3 is 5.97 Å². The minimum absolute atomic E-state index is 0.0943. The number of carboxylic acid groups (broad SMARTS) is 1. The summed E-state index contributed by atoms with van der Waals surface area (Å²) < 4.78 is 1.57. The van der Waals surface area contributed by atoms with E-state index in [1.54, 1.807) is 47.2 Å². The molecule has 1 aromatic heterocycles. The summed E-state index contributed by atoms with van der Waals surface area (Å²) in [4.78, 5) is 23.5. The van der Waals surface area contributed by atoms with Crippen LogP contribution in [-0.2, 0) is 16.1 Å². The molecule has 0 bridgehead atoms. The van der Waals surface area contributed by atoms with E-state index in [-0.39, 0.29) is 12.1 Å². The standard InChI is InChI=1S/C20H14ClN3O3/c21-15-5-7-16(8-6-15)23-20(27)13(10-22)9-14-11-24(12-19(25)26)18-4-2-1-3-17(14)18/h1-9,11H,12H2,(H,23,27)(H,25,26)/b13-9+. The average Bonchev–Trinajstić information content (AvgIpc) is 2.98. The maximum Gasteiger partial charge on any atom is 0.323 e. The Balaban J connectivity index is 1.95. The number of nitrogens with zero attached hydrogens (tertiary/aromatic N) is 2. The van der Waals surface area contributed by atoms with Gasteiger partial charge in [-0.25, -0.2) is 0 Å². The first-order chi connectivity index (χ1) is 13.0. The Morgan fingerprint density at radius 3 is 2.56 bits per heavy atom. The third kappa shape index (κ3) is 4.17. The number of para-hydroxylation sites is 1. The molecule has 1 heterocycles. The number of hydrogen-bond acceptors (Lipinski definition) is 3. The second kappa shape index (κ2) is 7.77. The van der Waals surface area contributed by atoms with E-state index < -0.39 is 11.9 Å². The monoisotopic (exact) mass is 379 g/mol. The quantitative estimate of drug-likeness (QED) is 0.518. The van der Waals surface area contributed by atoms with Crippen molar-refractivity contribution < 1.29 is 14.7 Å². The molecule has 0 unspecified atom stereocenters. The van der Waals surface area contributed by atoms with Gasteiger partial charge in [0.25, 0.3) is 5.91 Å². The van der Waals surface area contributed by atoms with Gasteiger partial charge in [0.1, 0.15) is 18.2 Å². The molecule has 3 rings (SSSR count). The molecule has 27 heavy (non-hydrogen) atoms. The minimum Gasteiger partial charge on any atom is -0.480 e. The molecular formula is C20H14ClN3O3. The van der Waals surface area contributed by atoms with Crippen molar-refractivity contribution in [2.75, 3.05) is 5.32 Å². The molecule has 0 radical (unpaired) electrons. The fraction of sp³-hybridized carbons (Fsp3) is 0.0500. The molecule has 6 nitrogen and oxygen atoms in total. The van der Waals surface area contributed by atoms with Crippen LogP contribution in [0.3, 0.4) is 0 Å². The number of fused-ring (bicyclic) bond motifs is 1. The first-order valence-corrected chi connectivity index (χ1v) is 8.34. The summed E-state index contributed by atoms with van der Waals surface area (Å²) in [7, 11) is 0. The summed E-state index contributed by atoms with van der Waals surface area (Å²) in [5.74, 6) is -1.54. The summed E-state index contributed by atoms with van der Waals surface area (Å²) in [5.41, 5.74) is 1.72. The van der Waals surface area contributed by atoms with Crippen molar-refractivity contribution in [3.8, 4) is 6.07 Å². The van der Waals surface area contributed by atoms with Gasteiger partial charge in [-0.2, -0.15) is 5.26 Å². The molecule has 0 aliphatic rings. The van der Waals surface area contributed by atoms with E-state index in [2.05, 4.69) is 5.32 Å². The second-order valence-electron chi connectivity index (χ2n) is 5.75. The minimum atomic E-state index is -0.979. The highest BCUT2D eigenvalue weighted by molar-refractivity contribution is 6.30. The summed E-state index contributed by atoms with van der Waals surface area (Å²) >= 11 is 5.82. The number of aromatic nitrogens is 1. The van der Waals surface area contributed by atoms with Crippen LogP contribution < -0.4 is 5.32 Å². The van der Waals surface area contributed by atoms with Crippen molar-refractivity contribution in [1.82, 2.24) is 4.57 Å². The highest BCUT2D eigenvalue weighted by Crippen LogP contribution is 2.24. The normalized spacial score (nSPS) is 11.2. The van der Waals surface area contributed by atoms with Gasteiger partial charge in [0.2, 0.25) is 0 Å². The first kappa shape index (κ1) is 18.2. The molecule has 134 valence electrons. The Morgan fingerprint density at radius 1 is 1.19 bits per heavy atom.